The van der Waals surface area contributed by atoms with Gasteiger partial charge in [-0.3, -0.25) is 15.7 Å². The molecule has 2 aromatic heterocycles. The van der Waals surface area contributed by atoms with E-state index in [9.17, 15) is 5.26 Å². The maximum atomic E-state index is 9.42. The minimum atomic E-state index is -0.617. The van der Waals surface area contributed by atoms with Crippen LogP contribution in [0.1, 0.15) is 30.5 Å². The van der Waals surface area contributed by atoms with Gasteiger partial charge in [-0.15, -0.1) is 0 Å². The largest absolute Gasteiger partial charge is 0.346 e. The number of pyridine rings is 1. The third-order valence-corrected chi connectivity index (χ3v) is 6.00. The second kappa shape index (κ2) is 8.80. The highest BCUT2D eigenvalue weighted by atomic mass is 15.2. The van der Waals surface area contributed by atoms with Crippen molar-refractivity contribution in [3.8, 4) is 17.2 Å². The summed E-state index contributed by atoms with van der Waals surface area (Å²) in [5, 5.41) is 27.9. The number of aromatic nitrogens is 2. The number of rotatable bonds is 5. The second-order valence-electron chi connectivity index (χ2n) is 8.73. The Labute approximate surface area is 199 Å². The lowest BCUT2D eigenvalue weighted by Crippen LogP contribution is -2.36. The van der Waals surface area contributed by atoms with Crippen LogP contribution in [0.5, 0.6) is 0 Å². The van der Waals surface area contributed by atoms with E-state index < -0.39 is 5.41 Å². The second-order valence-corrected chi connectivity index (χ2v) is 8.73. The molecule has 4 rings (SSSR count). The lowest BCUT2D eigenvalue weighted by molar-refractivity contribution is 0.687. The van der Waals surface area contributed by atoms with Gasteiger partial charge in [0.1, 0.15) is 17.3 Å². The number of fused-ring (bicyclic) bond motifs is 1. The van der Waals surface area contributed by atoms with Gasteiger partial charge in [0.15, 0.2) is 0 Å². The van der Waals surface area contributed by atoms with Crippen molar-refractivity contribution in [3.63, 3.8) is 0 Å². The Balaban J connectivity index is 1.76. The molecule has 6 heteroatoms. The average Bonchev–Trinajstić information content (AvgIpc) is 3.33. The molecule has 0 radical (unpaired) electrons. The number of aryl methyl sites for hydroxylation is 1. The van der Waals surface area contributed by atoms with E-state index in [0.29, 0.717) is 5.56 Å². The fourth-order valence-electron chi connectivity index (χ4n) is 3.83. The van der Waals surface area contributed by atoms with Gasteiger partial charge in [0.05, 0.1) is 17.2 Å². The molecule has 34 heavy (non-hydrogen) atoms. The topological polar surface area (TPSA) is 103 Å². The summed E-state index contributed by atoms with van der Waals surface area (Å²) < 4.78 is 0. The van der Waals surface area contributed by atoms with Gasteiger partial charge < -0.3 is 4.98 Å². The fourth-order valence-corrected chi connectivity index (χ4v) is 3.83. The number of benzene rings is 2. The first-order valence-electron chi connectivity index (χ1n) is 10.9. The van der Waals surface area contributed by atoms with Crippen molar-refractivity contribution in [2.75, 3.05) is 4.90 Å². The Morgan fingerprint density at radius 2 is 1.82 bits per heavy atom. The van der Waals surface area contributed by atoms with Crippen molar-refractivity contribution in [3.05, 3.63) is 96.3 Å². The van der Waals surface area contributed by atoms with E-state index >= 15 is 0 Å². The van der Waals surface area contributed by atoms with E-state index in [0.717, 1.165) is 39.0 Å². The number of hydrogen-bond donors (Lipinski definition) is 3. The van der Waals surface area contributed by atoms with Gasteiger partial charge in [-0.05, 0) is 61.7 Å². The van der Waals surface area contributed by atoms with Crippen molar-refractivity contribution in [2.45, 2.75) is 26.2 Å². The molecule has 168 valence electrons. The quantitative estimate of drug-likeness (QED) is 0.246. The highest BCUT2D eigenvalue weighted by Crippen LogP contribution is 2.31. The molecule has 0 spiro atoms. The Morgan fingerprint density at radius 3 is 2.50 bits per heavy atom. The molecule has 0 aliphatic heterocycles. The normalized spacial score (nSPS) is 11.1. The highest BCUT2D eigenvalue weighted by Gasteiger charge is 2.23. The zero-order valence-corrected chi connectivity index (χ0v) is 19.5. The fraction of sp³-hybridized carbons (Fsp3) is 0.143. The minimum Gasteiger partial charge on any atom is -0.346 e. The number of anilines is 1. The number of H-pyrrole nitrogens is 1. The predicted molar refractivity (Wildman–Crippen MR) is 139 cm³/mol. The van der Waals surface area contributed by atoms with E-state index in [1.165, 1.54) is 6.08 Å². The van der Waals surface area contributed by atoms with Crippen LogP contribution in [0.2, 0.25) is 0 Å². The van der Waals surface area contributed by atoms with Crippen LogP contribution in [0.15, 0.2) is 79.6 Å². The smallest absolute Gasteiger partial charge is 0.138 e. The van der Waals surface area contributed by atoms with E-state index in [-0.39, 0.29) is 11.7 Å². The van der Waals surface area contributed by atoms with Crippen LogP contribution in [0.4, 0.5) is 5.69 Å². The third-order valence-electron chi connectivity index (χ3n) is 6.00. The molecule has 0 unspecified atom stereocenters. The summed E-state index contributed by atoms with van der Waals surface area (Å²) in [5.41, 5.74) is 5.28. The van der Waals surface area contributed by atoms with Crippen LogP contribution in [-0.4, -0.2) is 21.6 Å². The van der Waals surface area contributed by atoms with Gasteiger partial charge in [-0.25, -0.2) is 4.98 Å². The van der Waals surface area contributed by atoms with Gasteiger partial charge >= 0.3 is 0 Å². The van der Waals surface area contributed by atoms with E-state index in [1.807, 2.05) is 81.7 Å². The molecule has 0 saturated heterocycles. The molecule has 2 heterocycles. The first kappa shape index (κ1) is 22.7. The Hall–Kier alpha value is -4.50. The van der Waals surface area contributed by atoms with Crippen LogP contribution in [0.3, 0.4) is 0 Å². The first-order valence-corrected chi connectivity index (χ1v) is 10.9. The zero-order valence-electron chi connectivity index (χ0n) is 19.5. The van der Waals surface area contributed by atoms with Gasteiger partial charge in [0, 0.05) is 28.9 Å². The van der Waals surface area contributed by atoms with Crippen molar-refractivity contribution in [2.24, 2.45) is 0 Å². The molecular formula is C28H26N6. The molecule has 0 saturated carbocycles. The van der Waals surface area contributed by atoms with Crippen LogP contribution in [0, 0.1) is 29.1 Å². The summed E-state index contributed by atoms with van der Waals surface area (Å²) in [4.78, 5) is 9.18. The third kappa shape index (κ3) is 4.12. The summed E-state index contributed by atoms with van der Waals surface area (Å²) in [6, 6.07) is 19.7. The molecule has 6 nitrogen and oxygen atoms in total. The van der Waals surface area contributed by atoms with Crippen molar-refractivity contribution >= 4 is 28.4 Å². The zero-order chi connectivity index (χ0) is 24.5. The predicted octanol–water partition coefficient (Wildman–Crippen LogP) is 6.33. The first-order chi connectivity index (χ1) is 16.2. The molecule has 0 amide bonds. The van der Waals surface area contributed by atoms with E-state index in [4.69, 9.17) is 10.8 Å². The van der Waals surface area contributed by atoms with Crippen molar-refractivity contribution in [1.29, 1.82) is 16.1 Å². The monoisotopic (exact) mass is 446 g/mol. The highest BCUT2D eigenvalue weighted by molar-refractivity contribution is 6.26. The SMILES string of the molecule is C=CC(=N)N(C(=N)c1ccc(C(C)(C)C#N)cc1)c1cc(-c2cnc3[nH]ccc3c2)ccc1C. The molecule has 0 fully saturated rings. The standard InChI is InChI=1S/C28H26N6/c1-5-25(30)34(26(31)19-8-10-23(11-9-19)28(3,4)17-29)24-15-20(7-6-18(24)2)22-14-21-12-13-32-27(21)33-16-22/h5-16,30-31H,1H2,2-4H3,(H,32,33). The van der Waals surface area contributed by atoms with E-state index in [1.54, 1.807) is 4.90 Å². The number of nitrogens with zero attached hydrogens (tertiary/aromatic N) is 3. The molecule has 0 atom stereocenters. The Bertz CT molecular complexity index is 1450. The van der Waals surface area contributed by atoms with Crippen LogP contribution >= 0.6 is 0 Å². The van der Waals surface area contributed by atoms with E-state index in [2.05, 4.69) is 28.7 Å². The number of nitriles is 1. The minimum absolute atomic E-state index is 0.103. The molecule has 3 N–H and O–H groups in total. The number of aromatic amines is 1. The maximum Gasteiger partial charge on any atom is 0.138 e. The molecule has 0 aliphatic carbocycles. The molecule has 2 aromatic carbocycles. The molecular weight excluding hydrogens is 420 g/mol. The maximum absolute atomic E-state index is 9.42. The number of amidine groups is 2. The van der Waals surface area contributed by atoms with Crippen LogP contribution < -0.4 is 4.90 Å². The Morgan fingerprint density at radius 1 is 1.09 bits per heavy atom. The molecule has 0 bridgehead atoms. The lowest BCUT2D eigenvalue weighted by Gasteiger charge is -2.27. The summed E-state index contributed by atoms with van der Waals surface area (Å²) in [7, 11) is 0. The lowest BCUT2D eigenvalue weighted by atomic mass is 9.86. The summed E-state index contributed by atoms with van der Waals surface area (Å²) >= 11 is 0. The number of hydrogen-bond acceptors (Lipinski definition) is 4. The van der Waals surface area contributed by atoms with Crippen LogP contribution in [0.25, 0.3) is 22.2 Å². The van der Waals surface area contributed by atoms with Gasteiger partial charge in [-0.2, -0.15) is 5.26 Å². The molecule has 0 aliphatic rings. The number of nitrogens with one attached hydrogen (secondary N) is 3. The van der Waals surface area contributed by atoms with Crippen LogP contribution in [-0.2, 0) is 5.41 Å². The summed E-state index contributed by atoms with van der Waals surface area (Å²) in [5.74, 6) is 0.261. The Kier molecular flexibility index (Phi) is 5.87. The average molecular weight is 447 g/mol. The van der Waals surface area contributed by atoms with Gasteiger partial charge in [0.25, 0.3) is 0 Å². The van der Waals surface area contributed by atoms with Crippen molar-refractivity contribution < 1.29 is 0 Å². The summed E-state index contributed by atoms with van der Waals surface area (Å²) in [6.07, 6.45) is 5.11. The van der Waals surface area contributed by atoms with Gasteiger partial charge in [0.2, 0.25) is 0 Å². The molecule has 4 aromatic rings. The van der Waals surface area contributed by atoms with Gasteiger partial charge in [-0.1, -0.05) is 43.0 Å². The van der Waals surface area contributed by atoms with Crippen molar-refractivity contribution in [1.82, 2.24) is 9.97 Å². The summed E-state index contributed by atoms with van der Waals surface area (Å²) in [6.45, 7) is 9.45.